The Balaban J connectivity index is 0.00000144. The van der Waals surface area contributed by atoms with Gasteiger partial charge in [0.15, 0.2) is 0 Å². The zero-order valence-electron chi connectivity index (χ0n) is 9.29. The molecule has 0 N–H and O–H groups in total. The summed E-state index contributed by atoms with van der Waals surface area (Å²) in [6.45, 7) is 3.06. The molecule has 1 aromatic carbocycles. The molecule has 0 radical (unpaired) electrons. The summed E-state index contributed by atoms with van der Waals surface area (Å²) in [4.78, 5) is 5.29. The number of likely N-dealkylation sites (tertiary alicyclic amines) is 1. The van der Waals surface area contributed by atoms with Gasteiger partial charge < -0.3 is 0 Å². The molecule has 17 heavy (non-hydrogen) atoms. The molecule has 2 rings (SSSR count). The van der Waals surface area contributed by atoms with E-state index in [1.165, 1.54) is 5.56 Å². The molecule has 0 aromatic heterocycles. The van der Waals surface area contributed by atoms with Crippen molar-refractivity contribution in [2.75, 3.05) is 13.1 Å². The maximum absolute atomic E-state index is 8.36. The van der Waals surface area contributed by atoms with Crippen LogP contribution in [0.15, 0.2) is 35.4 Å². The third kappa shape index (κ3) is 4.10. The second-order valence-corrected chi connectivity index (χ2v) is 4.20. The highest BCUT2D eigenvalue weighted by molar-refractivity contribution is 5.14. The lowest BCUT2D eigenvalue weighted by molar-refractivity contribution is 0.205. The number of piperidine rings is 1. The largest absolute Gasteiger partial charge is 0.299 e. The van der Waals surface area contributed by atoms with Gasteiger partial charge in [-0.2, -0.15) is 0 Å². The first-order chi connectivity index (χ1) is 7.88. The normalized spacial score (nSPS) is 16.9. The Bertz CT molecular complexity index is 362. The molecule has 4 heteroatoms. The van der Waals surface area contributed by atoms with E-state index in [4.69, 9.17) is 5.53 Å². The van der Waals surface area contributed by atoms with Crippen LogP contribution in [0, 0.1) is 0 Å². The Kier molecular flexibility index (Phi) is 5.53. The summed E-state index contributed by atoms with van der Waals surface area (Å²) in [6, 6.07) is 10.7. The monoisotopic (exact) mass is 232 g/mol. The molecule has 1 aliphatic heterocycles. The highest BCUT2D eigenvalue weighted by Crippen LogP contribution is 2.16. The Hall–Kier alpha value is -1.51. The maximum Gasteiger partial charge on any atom is 0.0398 e. The summed E-state index contributed by atoms with van der Waals surface area (Å²) in [6.07, 6.45) is 1.97. The second-order valence-electron chi connectivity index (χ2n) is 4.20. The van der Waals surface area contributed by atoms with Gasteiger partial charge in [-0.1, -0.05) is 42.9 Å². The molecule has 1 aliphatic rings. The number of hydrogen-bond acceptors (Lipinski definition) is 2. The van der Waals surface area contributed by atoms with Crippen molar-refractivity contribution >= 4 is 0 Å². The van der Waals surface area contributed by atoms with Crippen LogP contribution < -0.4 is 0 Å². The number of nitrogens with zero attached hydrogens (tertiary/aromatic N) is 4. The average Bonchev–Trinajstić information content (AvgIpc) is 2.33. The molecular formula is C13H20N4. The Morgan fingerprint density at radius 2 is 1.88 bits per heavy atom. The summed E-state index contributed by atoms with van der Waals surface area (Å²) >= 11 is 0. The smallest absolute Gasteiger partial charge is 0.0398 e. The number of rotatable bonds is 3. The zero-order valence-corrected chi connectivity index (χ0v) is 9.29. The van der Waals surface area contributed by atoms with Crippen molar-refractivity contribution in [1.82, 2.24) is 4.90 Å². The lowest BCUT2D eigenvalue weighted by Crippen LogP contribution is -2.34. The number of hydrogen-bond donors (Lipinski definition) is 0. The highest BCUT2D eigenvalue weighted by Gasteiger charge is 2.17. The van der Waals surface area contributed by atoms with Crippen LogP contribution in [0.5, 0.6) is 0 Å². The van der Waals surface area contributed by atoms with Crippen LogP contribution in [0.25, 0.3) is 10.4 Å². The fourth-order valence-electron chi connectivity index (χ4n) is 2.11. The van der Waals surface area contributed by atoms with Crippen molar-refractivity contribution in [2.24, 2.45) is 5.11 Å². The molecule has 1 aromatic rings. The van der Waals surface area contributed by atoms with Crippen molar-refractivity contribution in [2.45, 2.75) is 32.9 Å². The van der Waals surface area contributed by atoms with Crippen LogP contribution >= 0.6 is 0 Å². The predicted octanol–water partition coefficient (Wildman–Crippen LogP) is 3.60. The summed E-state index contributed by atoms with van der Waals surface area (Å²) in [5.41, 5.74) is 9.72. The van der Waals surface area contributed by atoms with E-state index in [2.05, 4.69) is 39.2 Å². The lowest BCUT2D eigenvalue weighted by Gasteiger charge is -2.29. The molecule has 1 fully saturated rings. The maximum atomic E-state index is 8.36. The Labute approximate surface area is 103 Å². The minimum Gasteiger partial charge on any atom is -0.299 e. The van der Waals surface area contributed by atoms with Gasteiger partial charge in [0.25, 0.3) is 0 Å². The molecule has 0 saturated carbocycles. The number of azide groups is 1. The van der Waals surface area contributed by atoms with Crippen molar-refractivity contribution in [3.05, 3.63) is 46.3 Å². The van der Waals surface area contributed by atoms with E-state index in [-0.39, 0.29) is 13.5 Å². The SMILES string of the molecule is C.[N-]=[N+]=NC1CCN(Cc2ccccc2)CC1. The van der Waals surface area contributed by atoms with Gasteiger partial charge in [0, 0.05) is 17.5 Å². The van der Waals surface area contributed by atoms with E-state index in [1.807, 2.05) is 6.07 Å². The first-order valence-electron chi connectivity index (χ1n) is 5.69. The highest BCUT2D eigenvalue weighted by atomic mass is 15.2. The van der Waals surface area contributed by atoms with Crippen LogP contribution in [0.3, 0.4) is 0 Å². The van der Waals surface area contributed by atoms with Crippen molar-refractivity contribution in [3.8, 4) is 0 Å². The van der Waals surface area contributed by atoms with Gasteiger partial charge in [-0.25, -0.2) is 0 Å². The molecule has 0 atom stereocenters. The summed E-state index contributed by atoms with van der Waals surface area (Å²) in [7, 11) is 0. The van der Waals surface area contributed by atoms with Gasteiger partial charge >= 0.3 is 0 Å². The topological polar surface area (TPSA) is 52.0 Å². The average molecular weight is 232 g/mol. The molecule has 0 unspecified atom stereocenters. The third-order valence-corrected chi connectivity index (χ3v) is 3.02. The van der Waals surface area contributed by atoms with Crippen LogP contribution in [-0.2, 0) is 6.54 Å². The molecule has 0 amide bonds. The van der Waals surface area contributed by atoms with E-state index in [1.54, 1.807) is 0 Å². The molecule has 92 valence electrons. The minimum absolute atomic E-state index is 0. The molecule has 1 heterocycles. The lowest BCUT2D eigenvalue weighted by atomic mass is 10.1. The molecule has 4 nitrogen and oxygen atoms in total. The summed E-state index contributed by atoms with van der Waals surface area (Å²) in [5.74, 6) is 0. The van der Waals surface area contributed by atoms with Gasteiger partial charge in [-0.3, -0.25) is 4.90 Å². The van der Waals surface area contributed by atoms with Crippen LogP contribution in [0.2, 0.25) is 0 Å². The van der Waals surface area contributed by atoms with E-state index in [9.17, 15) is 0 Å². The fourth-order valence-corrected chi connectivity index (χ4v) is 2.11. The van der Waals surface area contributed by atoms with Crippen LogP contribution in [-0.4, -0.2) is 24.0 Å². The van der Waals surface area contributed by atoms with Gasteiger partial charge in [0.2, 0.25) is 0 Å². The fraction of sp³-hybridized carbons (Fsp3) is 0.538. The van der Waals surface area contributed by atoms with Crippen molar-refractivity contribution in [3.63, 3.8) is 0 Å². The van der Waals surface area contributed by atoms with Crippen molar-refractivity contribution < 1.29 is 0 Å². The first kappa shape index (κ1) is 13.6. The number of benzene rings is 1. The predicted molar refractivity (Wildman–Crippen MR) is 70.6 cm³/mol. The molecule has 0 bridgehead atoms. The van der Waals surface area contributed by atoms with Gasteiger partial charge in [0.1, 0.15) is 0 Å². The molecule has 0 aliphatic carbocycles. The Morgan fingerprint density at radius 1 is 1.24 bits per heavy atom. The van der Waals surface area contributed by atoms with Crippen molar-refractivity contribution in [1.29, 1.82) is 0 Å². The first-order valence-corrected chi connectivity index (χ1v) is 5.69. The quantitative estimate of drug-likeness (QED) is 0.446. The van der Waals surface area contributed by atoms with E-state index < -0.39 is 0 Å². The standard InChI is InChI=1S/C12H16N4.CH4/c13-15-14-12-6-8-16(9-7-12)10-11-4-2-1-3-5-11;/h1-5,12H,6-10H2;1H4. The van der Waals surface area contributed by atoms with Gasteiger partial charge in [0.05, 0.1) is 0 Å². The third-order valence-electron chi connectivity index (χ3n) is 3.02. The summed E-state index contributed by atoms with van der Waals surface area (Å²) < 4.78 is 0. The van der Waals surface area contributed by atoms with E-state index in [0.717, 1.165) is 32.5 Å². The Morgan fingerprint density at radius 3 is 2.47 bits per heavy atom. The van der Waals surface area contributed by atoms with Crippen LogP contribution in [0.1, 0.15) is 25.8 Å². The van der Waals surface area contributed by atoms with Crippen LogP contribution in [0.4, 0.5) is 0 Å². The second kappa shape index (κ2) is 6.94. The zero-order chi connectivity index (χ0) is 11.2. The van der Waals surface area contributed by atoms with E-state index in [0.29, 0.717) is 0 Å². The minimum atomic E-state index is 0. The molecule has 0 spiro atoms. The summed E-state index contributed by atoms with van der Waals surface area (Å²) in [5, 5.41) is 3.78. The van der Waals surface area contributed by atoms with Gasteiger partial charge in [-0.15, -0.1) is 0 Å². The molecule has 1 saturated heterocycles. The van der Waals surface area contributed by atoms with E-state index >= 15 is 0 Å². The van der Waals surface area contributed by atoms with Gasteiger partial charge in [-0.05, 0) is 37.0 Å². The molecular weight excluding hydrogens is 212 g/mol.